The van der Waals surface area contributed by atoms with Crippen LogP contribution in [-0.2, 0) is 4.94 Å². The SMILES string of the molecule is Cc1cc(C)c(C)c(C2=NON3N(C(=O)c4ccc(C(=O)c5ccccc5)cc4)c4ccccc4N23)c1C. The highest BCUT2D eigenvalue weighted by Gasteiger charge is 2.47. The van der Waals surface area contributed by atoms with E-state index in [1.807, 2.05) is 47.5 Å². The van der Waals surface area contributed by atoms with Gasteiger partial charge in [-0.3, -0.25) is 14.5 Å². The number of fused-ring (bicyclic) bond motifs is 3. The Kier molecular flexibility index (Phi) is 5.58. The third-order valence-electron chi connectivity index (χ3n) is 7.29. The number of amidine groups is 1. The lowest BCUT2D eigenvalue weighted by atomic mass is 9.93. The van der Waals surface area contributed by atoms with Crippen molar-refractivity contribution in [1.29, 1.82) is 0 Å². The fraction of sp³-hybridized carbons (Fsp3) is 0.129. The molecule has 0 bridgehead atoms. The largest absolute Gasteiger partial charge is 0.289 e. The number of hydrogen-bond acceptors (Lipinski definition) is 6. The summed E-state index contributed by atoms with van der Waals surface area (Å²) in [6.07, 6.45) is 0. The molecule has 2 aliphatic rings. The summed E-state index contributed by atoms with van der Waals surface area (Å²) in [6, 6.07) is 25.6. The number of carbonyl (C=O) groups excluding carboxylic acids is 2. The number of amides is 1. The molecule has 0 aromatic heterocycles. The summed E-state index contributed by atoms with van der Waals surface area (Å²) < 4.78 is 0. The minimum absolute atomic E-state index is 0.0950. The summed E-state index contributed by atoms with van der Waals surface area (Å²) in [5, 5.41) is 9.10. The third kappa shape index (κ3) is 3.59. The molecule has 188 valence electrons. The third-order valence-corrected chi connectivity index (χ3v) is 7.29. The number of benzene rings is 4. The zero-order chi connectivity index (χ0) is 26.6. The van der Waals surface area contributed by atoms with Crippen LogP contribution in [0.2, 0.25) is 0 Å². The Morgan fingerprint density at radius 1 is 0.684 bits per heavy atom. The van der Waals surface area contributed by atoms with Gasteiger partial charge in [-0.25, -0.2) is 0 Å². The normalized spacial score (nSPS) is 14.2. The number of oxime groups is 1. The average Bonchev–Trinajstić information content (AvgIpc) is 3.50. The molecule has 0 fully saturated rings. The molecule has 1 amide bonds. The van der Waals surface area contributed by atoms with Gasteiger partial charge in [-0.2, -0.15) is 10.0 Å². The van der Waals surface area contributed by atoms with E-state index in [1.54, 1.807) is 36.4 Å². The molecule has 4 aromatic carbocycles. The van der Waals surface area contributed by atoms with E-state index in [4.69, 9.17) is 4.94 Å². The van der Waals surface area contributed by atoms with Crippen LogP contribution < -0.4 is 10.0 Å². The van der Waals surface area contributed by atoms with Gasteiger partial charge in [0, 0.05) is 22.3 Å². The summed E-state index contributed by atoms with van der Waals surface area (Å²) in [7, 11) is 0. The lowest BCUT2D eigenvalue weighted by Crippen LogP contribution is -2.49. The van der Waals surface area contributed by atoms with Crippen molar-refractivity contribution in [1.82, 2.24) is 5.28 Å². The van der Waals surface area contributed by atoms with E-state index in [0.29, 0.717) is 28.2 Å². The molecule has 7 heteroatoms. The first-order chi connectivity index (χ1) is 18.4. The molecule has 0 N–H and O–H groups in total. The van der Waals surface area contributed by atoms with Gasteiger partial charge in [-0.15, -0.1) is 0 Å². The zero-order valence-electron chi connectivity index (χ0n) is 21.6. The molecule has 2 aliphatic heterocycles. The Morgan fingerprint density at radius 2 is 1.24 bits per heavy atom. The fourth-order valence-electron chi connectivity index (χ4n) is 5.01. The Bertz CT molecular complexity index is 1600. The van der Waals surface area contributed by atoms with Crippen molar-refractivity contribution in [2.75, 3.05) is 10.0 Å². The van der Waals surface area contributed by atoms with Crippen molar-refractivity contribution in [2.24, 2.45) is 5.16 Å². The van der Waals surface area contributed by atoms with E-state index in [0.717, 1.165) is 33.5 Å². The van der Waals surface area contributed by atoms with Gasteiger partial charge in [0.05, 0.1) is 16.7 Å². The predicted molar refractivity (Wildman–Crippen MR) is 147 cm³/mol. The Labute approximate surface area is 221 Å². The molecule has 4 aromatic rings. The van der Waals surface area contributed by atoms with E-state index in [-0.39, 0.29) is 11.7 Å². The maximum absolute atomic E-state index is 13.8. The molecule has 0 radical (unpaired) electrons. The van der Waals surface area contributed by atoms with Gasteiger partial charge in [0.15, 0.2) is 5.78 Å². The highest BCUT2D eigenvalue weighted by atomic mass is 16.9. The molecule has 0 unspecified atom stereocenters. The molecule has 2 heterocycles. The van der Waals surface area contributed by atoms with Crippen molar-refractivity contribution in [2.45, 2.75) is 27.7 Å². The molecule has 0 saturated carbocycles. The van der Waals surface area contributed by atoms with Gasteiger partial charge in [0.25, 0.3) is 5.91 Å². The second-order valence-electron chi connectivity index (χ2n) is 9.57. The first kappa shape index (κ1) is 23.6. The first-order valence-electron chi connectivity index (χ1n) is 12.4. The lowest BCUT2D eigenvalue weighted by Gasteiger charge is -2.25. The standard InChI is InChI=1S/C31H26N4O3/c1-19-18-20(2)22(4)28(21(19)3)30-32-38-35-33(30)26-12-8-9-13-27(26)34(35)31(37)25-16-14-24(15-17-25)29(36)23-10-6-5-7-11-23/h5-18H,1-4H3. The summed E-state index contributed by atoms with van der Waals surface area (Å²) >= 11 is 0. The number of hydrazine groups is 2. The Balaban J connectivity index is 1.35. The monoisotopic (exact) mass is 502 g/mol. The minimum atomic E-state index is -0.302. The number of para-hydroxylation sites is 2. The first-order valence-corrected chi connectivity index (χ1v) is 12.4. The number of carbonyl (C=O) groups is 2. The number of anilines is 2. The molecule has 7 nitrogen and oxygen atoms in total. The Morgan fingerprint density at radius 3 is 1.89 bits per heavy atom. The molecule has 38 heavy (non-hydrogen) atoms. The number of rotatable bonds is 4. The van der Waals surface area contributed by atoms with Crippen LogP contribution in [0.15, 0.2) is 90.1 Å². The molecule has 6 rings (SSSR count). The highest BCUT2D eigenvalue weighted by Crippen LogP contribution is 2.43. The number of hydrogen-bond donors (Lipinski definition) is 0. The number of nitrogens with zero attached hydrogens (tertiary/aromatic N) is 4. The van der Waals surface area contributed by atoms with E-state index in [2.05, 4.69) is 38.9 Å². The molecular formula is C31H26N4O3. The van der Waals surface area contributed by atoms with Crippen molar-refractivity contribution < 1.29 is 14.5 Å². The van der Waals surface area contributed by atoms with Crippen LogP contribution in [0, 0.1) is 27.7 Å². The molecule has 0 atom stereocenters. The maximum Gasteiger partial charge on any atom is 0.277 e. The van der Waals surface area contributed by atoms with E-state index in [1.165, 1.54) is 10.3 Å². The van der Waals surface area contributed by atoms with E-state index >= 15 is 0 Å². The average molecular weight is 503 g/mol. The van der Waals surface area contributed by atoms with Gasteiger partial charge in [0.1, 0.15) is 0 Å². The summed E-state index contributed by atoms with van der Waals surface area (Å²) in [5.41, 5.74) is 8.52. The van der Waals surface area contributed by atoms with Gasteiger partial charge in [-0.05, 0) is 79.4 Å². The van der Waals surface area contributed by atoms with E-state index < -0.39 is 0 Å². The Hall–Kier alpha value is -4.75. The number of ketones is 1. The molecule has 0 aliphatic carbocycles. The second-order valence-corrected chi connectivity index (χ2v) is 9.57. The van der Waals surface area contributed by atoms with Crippen molar-refractivity contribution >= 4 is 28.9 Å². The smallest absolute Gasteiger partial charge is 0.277 e. The summed E-state index contributed by atoms with van der Waals surface area (Å²) in [4.78, 5) is 32.4. The fourth-order valence-corrected chi connectivity index (χ4v) is 5.01. The summed E-state index contributed by atoms with van der Waals surface area (Å²) in [6.45, 7) is 8.32. The van der Waals surface area contributed by atoms with Gasteiger partial charge >= 0.3 is 0 Å². The van der Waals surface area contributed by atoms with Crippen molar-refractivity contribution in [3.8, 4) is 0 Å². The van der Waals surface area contributed by atoms with Crippen LogP contribution in [-0.4, -0.2) is 22.8 Å². The highest BCUT2D eigenvalue weighted by molar-refractivity contribution is 6.18. The lowest BCUT2D eigenvalue weighted by molar-refractivity contribution is -0.135. The van der Waals surface area contributed by atoms with Crippen LogP contribution >= 0.6 is 0 Å². The molecule has 0 saturated heterocycles. The van der Waals surface area contributed by atoms with Crippen LogP contribution in [0.5, 0.6) is 0 Å². The van der Waals surface area contributed by atoms with E-state index in [9.17, 15) is 9.59 Å². The van der Waals surface area contributed by atoms with Crippen LogP contribution in [0.1, 0.15) is 54.1 Å². The topological polar surface area (TPSA) is 65.5 Å². The van der Waals surface area contributed by atoms with Crippen LogP contribution in [0.25, 0.3) is 0 Å². The van der Waals surface area contributed by atoms with Crippen molar-refractivity contribution in [3.05, 3.63) is 129 Å². The number of aryl methyl sites for hydroxylation is 2. The quantitative estimate of drug-likeness (QED) is 0.318. The van der Waals surface area contributed by atoms with Crippen molar-refractivity contribution in [3.63, 3.8) is 0 Å². The molecule has 0 spiro atoms. The summed E-state index contributed by atoms with van der Waals surface area (Å²) in [5.74, 6) is 0.227. The van der Waals surface area contributed by atoms with Crippen LogP contribution in [0.3, 0.4) is 0 Å². The second kappa shape index (κ2) is 8.97. The van der Waals surface area contributed by atoms with Crippen LogP contribution in [0.4, 0.5) is 11.4 Å². The minimum Gasteiger partial charge on any atom is -0.289 e. The van der Waals surface area contributed by atoms with Gasteiger partial charge < -0.3 is 0 Å². The zero-order valence-corrected chi connectivity index (χ0v) is 21.6. The maximum atomic E-state index is 13.8. The van der Waals surface area contributed by atoms with Gasteiger partial charge in [-0.1, -0.05) is 60.7 Å². The van der Waals surface area contributed by atoms with Gasteiger partial charge in [0.2, 0.25) is 5.84 Å². The molecular weight excluding hydrogens is 476 g/mol. The predicted octanol–water partition coefficient (Wildman–Crippen LogP) is 6.06.